The van der Waals surface area contributed by atoms with E-state index in [-0.39, 0.29) is 5.91 Å². The lowest BCUT2D eigenvalue weighted by atomic mass is 10.2. The predicted octanol–water partition coefficient (Wildman–Crippen LogP) is 4.96. The van der Waals surface area contributed by atoms with Crippen LogP contribution in [0.5, 0.6) is 0 Å². The average Bonchev–Trinajstić information content (AvgIpc) is 3.02. The van der Waals surface area contributed by atoms with Gasteiger partial charge in [0.05, 0.1) is 5.56 Å². The fraction of sp³-hybridized carbons (Fsp3) is 0. The smallest absolute Gasteiger partial charge is 0.256 e. The largest absolute Gasteiger partial charge is 0.322 e. The van der Waals surface area contributed by atoms with Gasteiger partial charge in [0.15, 0.2) is 0 Å². The molecule has 1 amide bonds. The summed E-state index contributed by atoms with van der Waals surface area (Å²) in [5.41, 5.74) is 2.04. The Bertz CT molecular complexity index is 804. The Balaban J connectivity index is 1.77. The highest BCUT2D eigenvalue weighted by atomic mass is 79.9. The zero-order valence-electron chi connectivity index (χ0n) is 11.2. The molecule has 1 aromatic heterocycles. The van der Waals surface area contributed by atoms with Gasteiger partial charge in [-0.3, -0.25) is 4.79 Å². The minimum atomic E-state index is -0.392. The molecule has 110 valence electrons. The lowest BCUT2D eigenvalue weighted by Crippen LogP contribution is -2.12. The van der Waals surface area contributed by atoms with Crippen LogP contribution in [0.3, 0.4) is 0 Å². The molecular weight excluding hydrogens is 367 g/mol. The molecule has 0 aliphatic heterocycles. The molecule has 0 aliphatic rings. The van der Waals surface area contributed by atoms with E-state index >= 15 is 0 Å². The number of halogens is 2. The highest BCUT2D eigenvalue weighted by Gasteiger charge is 2.11. The second-order valence-electron chi connectivity index (χ2n) is 4.49. The third-order valence-corrected chi connectivity index (χ3v) is 4.48. The third kappa shape index (κ3) is 3.23. The topological polar surface area (TPSA) is 42.0 Å². The normalized spacial score (nSPS) is 10.5. The minimum absolute atomic E-state index is 0.297. The monoisotopic (exact) mass is 376 g/mol. The molecular formula is C16H10BrFN2OS. The van der Waals surface area contributed by atoms with Crippen molar-refractivity contribution < 1.29 is 9.18 Å². The van der Waals surface area contributed by atoms with Crippen molar-refractivity contribution in [3.05, 3.63) is 69.9 Å². The molecule has 6 heteroatoms. The van der Waals surface area contributed by atoms with Gasteiger partial charge < -0.3 is 5.32 Å². The van der Waals surface area contributed by atoms with Crippen molar-refractivity contribution in [2.24, 2.45) is 0 Å². The van der Waals surface area contributed by atoms with Crippen LogP contribution < -0.4 is 5.32 Å². The van der Waals surface area contributed by atoms with Gasteiger partial charge in [-0.15, -0.1) is 11.3 Å². The number of nitrogens with one attached hydrogen (secondary N) is 1. The maximum Gasteiger partial charge on any atom is 0.256 e. The van der Waals surface area contributed by atoms with Crippen molar-refractivity contribution >= 4 is 38.9 Å². The summed E-state index contributed by atoms with van der Waals surface area (Å²) in [5, 5.41) is 5.63. The van der Waals surface area contributed by atoms with E-state index in [1.807, 2.05) is 29.6 Å². The van der Waals surface area contributed by atoms with E-state index in [1.54, 1.807) is 17.5 Å². The first kappa shape index (κ1) is 14.9. The van der Waals surface area contributed by atoms with Crippen molar-refractivity contribution in [1.82, 2.24) is 4.98 Å². The number of hydrogen-bond donors (Lipinski definition) is 1. The summed E-state index contributed by atoms with van der Waals surface area (Å²) in [6.45, 7) is 0. The summed E-state index contributed by atoms with van der Waals surface area (Å²) in [6, 6.07) is 11.4. The van der Waals surface area contributed by atoms with Crippen LogP contribution in [0.25, 0.3) is 10.6 Å². The number of rotatable bonds is 3. The van der Waals surface area contributed by atoms with Gasteiger partial charge in [0.2, 0.25) is 0 Å². The van der Waals surface area contributed by atoms with Crippen LogP contribution in [0, 0.1) is 5.82 Å². The molecule has 0 aliphatic carbocycles. The lowest BCUT2D eigenvalue weighted by molar-refractivity contribution is 0.102. The number of carbonyl (C=O) groups excluding carboxylic acids is 1. The zero-order valence-corrected chi connectivity index (χ0v) is 13.6. The van der Waals surface area contributed by atoms with Crippen LogP contribution in [0.15, 0.2) is 58.5 Å². The summed E-state index contributed by atoms with van der Waals surface area (Å²) in [4.78, 5) is 16.4. The molecule has 0 unspecified atom stereocenters. The van der Waals surface area contributed by atoms with E-state index < -0.39 is 5.82 Å². The highest BCUT2D eigenvalue weighted by Crippen LogP contribution is 2.24. The average molecular weight is 377 g/mol. The Morgan fingerprint density at radius 2 is 1.95 bits per heavy atom. The molecule has 0 saturated heterocycles. The number of nitrogens with zero attached hydrogens (tertiary/aromatic N) is 1. The van der Waals surface area contributed by atoms with E-state index in [9.17, 15) is 9.18 Å². The second kappa shape index (κ2) is 6.37. The number of anilines is 1. The van der Waals surface area contributed by atoms with Gasteiger partial charge in [0, 0.05) is 27.3 Å². The molecule has 0 atom stereocenters. The molecule has 22 heavy (non-hydrogen) atoms. The molecule has 2 aromatic carbocycles. The highest BCUT2D eigenvalue weighted by molar-refractivity contribution is 9.10. The maximum absolute atomic E-state index is 13.1. The molecule has 0 bridgehead atoms. The molecule has 0 fully saturated rings. The molecule has 1 heterocycles. The first-order valence-electron chi connectivity index (χ1n) is 6.40. The van der Waals surface area contributed by atoms with E-state index in [2.05, 4.69) is 26.2 Å². The first-order chi connectivity index (χ1) is 10.6. The van der Waals surface area contributed by atoms with E-state index in [4.69, 9.17) is 0 Å². The summed E-state index contributed by atoms with van der Waals surface area (Å²) in [7, 11) is 0. The van der Waals surface area contributed by atoms with Gasteiger partial charge in [-0.1, -0.05) is 0 Å². The molecule has 0 spiro atoms. The van der Waals surface area contributed by atoms with Gasteiger partial charge in [0.25, 0.3) is 5.91 Å². The molecule has 0 saturated carbocycles. The van der Waals surface area contributed by atoms with Crippen LogP contribution in [0.2, 0.25) is 0 Å². The van der Waals surface area contributed by atoms with Crippen LogP contribution in [-0.2, 0) is 0 Å². The lowest BCUT2D eigenvalue weighted by Gasteiger charge is -2.07. The van der Waals surface area contributed by atoms with Crippen molar-refractivity contribution in [2.45, 2.75) is 0 Å². The predicted molar refractivity (Wildman–Crippen MR) is 89.6 cm³/mol. The third-order valence-electron chi connectivity index (χ3n) is 3.00. The fourth-order valence-electron chi connectivity index (χ4n) is 1.93. The summed E-state index contributed by atoms with van der Waals surface area (Å²) < 4.78 is 13.5. The maximum atomic E-state index is 13.1. The van der Waals surface area contributed by atoms with E-state index in [0.29, 0.717) is 15.7 Å². The summed E-state index contributed by atoms with van der Waals surface area (Å²) >= 11 is 4.75. The Hall–Kier alpha value is -2.05. The van der Waals surface area contributed by atoms with Gasteiger partial charge >= 0.3 is 0 Å². The number of hydrogen-bond acceptors (Lipinski definition) is 3. The molecule has 0 radical (unpaired) electrons. The summed E-state index contributed by atoms with van der Waals surface area (Å²) in [5.74, 6) is -0.690. The van der Waals surface area contributed by atoms with Crippen molar-refractivity contribution in [2.75, 3.05) is 5.32 Å². The van der Waals surface area contributed by atoms with Gasteiger partial charge in [-0.2, -0.15) is 0 Å². The second-order valence-corrected chi connectivity index (χ2v) is 6.24. The van der Waals surface area contributed by atoms with Crippen molar-refractivity contribution in [3.8, 4) is 10.6 Å². The molecule has 3 nitrogen and oxygen atoms in total. The van der Waals surface area contributed by atoms with Crippen LogP contribution in [0.4, 0.5) is 10.1 Å². The number of benzene rings is 2. The van der Waals surface area contributed by atoms with Crippen LogP contribution in [0.1, 0.15) is 10.4 Å². The van der Waals surface area contributed by atoms with E-state index in [1.165, 1.54) is 18.2 Å². The van der Waals surface area contributed by atoms with Crippen LogP contribution in [-0.4, -0.2) is 10.9 Å². The standard InChI is InChI=1S/C16H10BrFN2OS/c17-14-9-11(18)3-6-13(14)15(21)20-12-4-1-10(2-5-12)16-19-7-8-22-16/h1-9H,(H,20,21). The molecule has 3 aromatic rings. The Kier molecular flexibility index (Phi) is 4.31. The number of aromatic nitrogens is 1. The number of carbonyl (C=O) groups is 1. The zero-order chi connectivity index (χ0) is 15.5. The Labute approximate surface area is 139 Å². The van der Waals surface area contributed by atoms with Gasteiger partial charge in [-0.05, 0) is 58.4 Å². The summed E-state index contributed by atoms with van der Waals surface area (Å²) in [6.07, 6.45) is 1.75. The molecule has 3 rings (SSSR count). The van der Waals surface area contributed by atoms with Crippen LogP contribution >= 0.6 is 27.3 Å². The molecule has 1 N–H and O–H groups in total. The van der Waals surface area contributed by atoms with Crippen molar-refractivity contribution in [3.63, 3.8) is 0 Å². The van der Waals surface area contributed by atoms with Crippen molar-refractivity contribution in [1.29, 1.82) is 0 Å². The van der Waals surface area contributed by atoms with Gasteiger partial charge in [0.1, 0.15) is 10.8 Å². The Morgan fingerprint density at radius 1 is 1.18 bits per heavy atom. The first-order valence-corrected chi connectivity index (χ1v) is 8.07. The number of thiazole rings is 1. The van der Waals surface area contributed by atoms with Gasteiger partial charge in [-0.25, -0.2) is 9.37 Å². The number of amides is 1. The Morgan fingerprint density at radius 3 is 2.59 bits per heavy atom. The fourth-order valence-corrected chi connectivity index (χ4v) is 3.11. The minimum Gasteiger partial charge on any atom is -0.322 e. The van der Waals surface area contributed by atoms with E-state index in [0.717, 1.165) is 10.6 Å². The SMILES string of the molecule is O=C(Nc1ccc(-c2nccs2)cc1)c1ccc(F)cc1Br. The quantitative estimate of drug-likeness (QED) is 0.701.